The summed E-state index contributed by atoms with van der Waals surface area (Å²) in [6, 6.07) is 12.6. The lowest BCUT2D eigenvalue weighted by molar-refractivity contribution is 0.0552. The highest BCUT2D eigenvalue weighted by atomic mass is 32.2. The predicted molar refractivity (Wildman–Crippen MR) is 152 cm³/mol. The summed E-state index contributed by atoms with van der Waals surface area (Å²) in [6.45, 7) is 4.76. The van der Waals surface area contributed by atoms with Crippen molar-refractivity contribution in [2.75, 3.05) is 32.1 Å². The van der Waals surface area contributed by atoms with E-state index in [-0.39, 0.29) is 5.88 Å². The van der Waals surface area contributed by atoms with Gasteiger partial charge in [-0.15, -0.1) is 16.9 Å². The molecule has 0 bridgehead atoms. The molecular weight excluding hydrogens is 516 g/mol. The van der Waals surface area contributed by atoms with E-state index in [9.17, 15) is 14.7 Å². The fraction of sp³-hybridized carbons (Fsp3) is 0.448. The molecule has 2 heterocycles. The van der Waals surface area contributed by atoms with Gasteiger partial charge in [0.2, 0.25) is 5.88 Å². The Morgan fingerprint density at radius 3 is 2.51 bits per heavy atom. The number of thioether (sulfide) groups is 1. The van der Waals surface area contributed by atoms with Gasteiger partial charge in [0.05, 0.1) is 24.3 Å². The number of fused-ring (bicyclic) bond motifs is 1. The summed E-state index contributed by atoms with van der Waals surface area (Å²) < 4.78 is 7.18. The average Bonchev–Trinajstić information content (AvgIpc) is 3.22. The highest BCUT2D eigenvalue weighted by molar-refractivity contribution is 7.99. The normalized spacial score (nSPS) is 13.9. The lowest BCUT2D eigenvalue weighted by atomic mass is 10.1. The molecule has 9 nitrogen and oxygen atoms in total. The molecule has 1 fully saturated rings. The number of rotatable bonds is 12. The molecular formula is C29H36N4O5S. The number of urea groups is 1. The van der Waals surface area contributed by atoms with Crippen molar-refractivity contribution < 1.29 is 24.5 Å². The van der Waals surface area contributed by atoms with Crippen molar-refractivity contribution in [2.45, 2.75) is 56.9 Å². The number of morpholine rings is 1. The molecule has 208 valence electrons. The maximum atomic E-state index is 12.6. The molecule has 0 saturated carbocycles. The number of carbonyl (C=O) groups is 2. The number of aryl methyl sites for hydroxylation is 2. The smallest absolute Gasteiger partial charge is 0.362 e. The number of benzene rings is 2. The van der Waals surface area contributed by atoms with Gasteiger partial charge in [-0.25, -0.2) is 9.59 Å². The number of unbranched alkanes of at least 4 members (excludes halogenated alkanes) is 3. The summed E-state index contributed by atoms with van der Waals surface area (Å²) in [5.74, 6) is -0.00731. The van der Waals surface area contributed by atoms with E-state index in [4.69, 9.17) is 9.84 Å². The van der Waals surface area contributed by atoms with Crippen LogP contribution in [0.5, 0.6) is 5.88 Å². The highest BCUT2D eigenvalue weighted by Crippen LogP contribution is 2.41. The second-order valence-electron chi connectivity index (χ2n) is 9.60. The van der Waals surface area contributed by atoms with Crippen LogP contribution in [-0.4, -0.2) is 63.7 Å². The first-order chi connectivity index (χ1) is 19.0. The first kappa shape index (κ1) is 28.6. The van der Waals surface area contributed by atoms with Crippen LogP contribution in [0.4, 0.5) is 10.5 Å². The van der Waals surface area contributed by atoms with Crippen LogP contribution in [0, 0.1) is 0 Å². The number of carboxylic acid groups (broad SMARTS) is 1. The fourth-order valence-corrected chi connectivity index (χ4v) is 5.49. The lowest BCUT2D eigenvalue weighted by Crippen LogP contribution is -2.39. The van der Waals surface area contributed by atoms with Crippen LogP contribution in [0.15, 0.2) is 57.6 Å². The summed E-state index contributed by atoms with van der Waals surface area (Å²) >= 11 is 1.71. The molecule has 1 aliphatic heterocycles. The number of amides is 2. The molecule has 0 aliphatic carbocycles. The maximum Gasteiger partial charge on any atom is 0.362 e. The van der Waals surface area contributed by atoms with Gasteiger partial charge in [0.15, 0.2) is 5.69 Å². The number of aromatic nitrogens is 1. The minimum atomic E-state index is -0.919. The van der Waals surface area contributed by atoms with E-state index in [1.54, 1.807) is 28.8 Å². The molecule has 4 rings (SSSR count). The zero-order valence-corrected chi connectivity index (χ0v) is 23.2. The lowest BCUT2D eigenvalue weighted by Gasteiger charge is -2.24. The van der Waals surface area contributed by atoms with E-state index < -0.39 is 12.0 Å². The van der Waals surface area contributed by atoms with Crippen LogP contribution in [0.1, 0.15) is 54.9 Å². The minimum absolute atomic E-state index is 0.0342. The zero-order valence-electron chi connectivity index (χ0n) is 22.3. The SMILES string of the molecule is CCCCCCn1c(O)c(N=NC(=O)N2CCOCC2)c2cc(SCCCc3ccc(C(=O)O)cc3)ccc21. The van der Waals surface area contributed by atoms with E-state index in [1.807, 2.05) is 28.8 Å². The van der Waals surface area contributed by atoms with Crippen LogP contribution in [0.25, 0.3) is 10.9 Å². The molecule has 0 spiro atoms. The first-order valence-electron chi connectivity index (χ1n) is 13.6. The molecule has 0 radical (unpaired) electrons. The molecule has 1 aliphatic rings. The van der Waals surface area contributed by atoms with Crippen molar-refractivity contribution in [1.82, 2.24) is 9.47 Å². The van der Waals surface area contributed by atoms with E-state index >= 15 is 0 Å². The van der Waals surface area contributed by atoms with Gasteiger partial charge in [-0.05, 0) is 60.9 Å². The van der Waals surface area contributed by atoms with Gasteiger partial charge in [-0.1, -0.05) is 43.4 Å². The summed E-state index contributed by atoms with van der Waals surface area (Å²) in [4.78, 5) is 26.3. The summed E-state index contributed by atoms with van der Waals surface area (Å²) in [7, 11) is 0. The number of carbonyl (C=O) groups excluding carboxylic acids is 1. The topological polar surface area (TPSA) is 117 Å². The molecule has 2 amide bonds. The fourth-order valence-electron chi connectivity index (χ4n) is 4.60. The third-order valence-electron chi connectivity index (χ3n) is 6.81. The van der Waals surface area contributed by atoms with Crippen molar-refractivity contribution >= 4 is 40.4 Å². The van der Waals surface area contributed by atoms with Crippen molar-refractivity contribution in [3.05, 3.63) is 53.6 Å². The standard InChI is InChI=1S/C29H36N4O5S/c1-2-3-4-5-14-33-25-13-12-23(39-19-6-7-21-8-10-22(11-9-21)28(35)36)20-24(25)26(27(33)34)30-31-29(37)32-15-17-38-18-16-32/h8-13,20,34H,2-7,14-19H2,1H3,(H,35,36). The second kappa shape index (κ2) is 14.1. The Labute approximate surface area is 232 Å². The molecule has 10 heteroatoms. The van der Waals surface area contributed by atoms with Crippen molar-refractivity contribution in [1.29, 1.82) is 0 Å². The van der Waals surface area contributed by atoms with Gasteiger partial charge < -0.3 is 24.4 Å². The summed E-state index contributed by atoms with van der Waals surface area (Å²) in [6.07, 6.45) is 6.08. The summed E-state index contributed by atoms with van der Waals surface area (Å²) in [5.41, 5.74) is 2.60. The van der Waals surface area contributed by atoms with Gasteiger partial charge in [-0.2, -0.15) is 0 Å². The Bertz CT molecular complexity index is 1300. The van der Waals surface area contributed by atoms with Gasteiger partial charge in [0, 0.05) is 29.9 Å². The number of hydrogen-bond donors (Lipinski definition) is 2. The Morgan fingerprint density at radius 1 is 1.03 bits per heavy atom. The van der Waals surface area contributed by atoms with Gasteiger partial charge >= 0.3 is 12.0 Å². The molecule has 2 N–H and O–H groups in total. The molecule has 0 unspecified atom stereocenters. The largest absolute Gasteiger partial charge is 0.493 e. The molecule has 1 aromatic heterocycles. The minimum Gasteiger partial charge on any atom is -0.493 e. The quantitative estimate of drug-likeness (QED) is 0.144. The third kappa shape index (κ3) is 7.60. The van der Waals surface area contributed by atoms with E-state index in [0.717, 1.165) is 65.6 Å². The van der Waals surface area contributed by atoms with Crippen LogP contribution < -0.4 is 0 Å². The molecule has 2 aromatic carbocycles. The monoisotopic (exact) mass is 552 g/mol. The maximum absolute atomic E-state index is 12.6. The molecule has 39 heavy (non-hydrogen) atoms. The number of azo groups is 1. The highest BCUT2D eigenvalue weighted by Gasteiger charge is 2.20. The van der Waals surface area contributed by atoms with E-state index in [0.29, 0.717) is 44.1 Å². The van der Waals surface area contributed by atoms with E-state index in [2.05, 4.69) is 23.2 Å². The number of ether oxygens (including phenoxy) is 1. The number of carboxylic acids is 1. The number of hydrogen-bond acceptors (Lipinski definition) is 6. The van der Waals surface area contributed by atoms with Crippen molar-refractivity contribution in [3.8, 4) is 5.88 Å². The van der Waals surface area contributed by atoms with Gasteiger partial charge in [0.25, 0.3) is 0 Å². The summed E-state index contributed by atoms with van der Waals surface area (Å²) in [5, 5.41) is 29.1. The number of aromatic carboxylic acids is 1. The predicted octanol–water partition coefficient (Wildman–Crippen LogP) is 6.89. The van der Waals surface area contributed by atoms with Crippen molar-refractivity contribution in [3.63, 3.8) is 0 Å². The Hall–Kier alpha value is -3.37. The molecule has 0 atom stereocenters. The molecule has 1 saturated heterocycles. The molecule has 3 aromatic rings. The Balaban J connectivity index is 1.47. The van der Waals surface area contributed by atoms with Gasteiger partial charge in [-0.3, -0.25) is 0 Å². The van der Waals surface area contributed by atoms with Gasteiger partial charge in [0.1, 0.15) is 0 Å². The Morgan fingerprint density at radius 2 is 1.79 bits per heavy atom. The number of aromatic hydroxyl groups is 1. The second-order valence-corrected chi connectivity index (χ2v) is 10.8. The van der Waals surface area contributed by atoms with Crippen LogP contribution in [0.2, 0.25) is 0 Å². The number of nitrogens with zero attached hydrogens (tertiary/aromatic N) is 4. The van der Waals surface area contributed by atoms with Crippen molar-refractivity contribution in [2.24, 2.45) is 10.2 Å². The van der Waals surface area contributed by atoms with Crippen LogP contribution >= 0.6 is 11.8 Å². The third-order valence-corrected chi connectivity index (χ3v) is 7.89. The average molecular weight is 553 g/mol. The van der Waals surface area contributed by atoms with E-state index in [1.165, 1.54) is 0 Å². The van der Waals surface area contributed by atoms with Crippen LogP contribution in [0.3, 0.4) is 0 Å². The first-order valence-corrected chi connectivity index (χ1v) is 14.5. The van der Waals surface area contributed by atoms with Crippen LogP contribution in [-0.2, 0) is 17.7 Å². The zero-order chi connectivity index (χ0) is 27.6. The Kier molecular flexibility index (Phi) is 10.4.